The van der Waals surface area contributed by atoms with E-state index in [1.54, 1.807) is 33.4 Å². The number of hydrogen-bond acceptors (Lipinski definition) is 5. The highest BCUT2D eigenvalue weighted by atomic mass is 35.5. The van der Waals surface area contributed by atoms with Crippen molar-refractivity contribution >= 4 is 28.6 Å². The number of nitrogens with one attached hydrogen (secondary N) is 1. The Balaban J connectivity index is 2.01. The van der Waals surface area contributed by atoms with Gasteiger partial charge in [0, 0.05) is 11.6 Å². The van der Waals surface area contributed by atoms with E-state index >= 15 is 0 Å². The van der Waals surface area contributed by atoms with Crippen LogP contribution in [-0.4, -0.2) is 32.2 Å². The van der Waals surface area contributed by atoms with Gasteiger partial charge in [0.05, 0.1) is 11.7 Å². The van der Waals surface area contributed by atoms with Crippen LogP contribution in [0.1, 0.15) is 18.9 Å². The molecule has 0 spiro atoms. The Bertz CT molecular complexity index is 940. The number of nitrogens with zero attached hydrogens (tertiary/aromatic N) is 4. The Kier molecular flexibility index (Phi) is 3.74. The maximum atomic E-state index is 13.2. The second-order valence-electron chi connectivity index (χ2n) is 5.90. The molecule has 1 aliphatic heterocycles. The van der Waals surface area contributed by atoms with Crippen LogP contribution in [0.4, 0.5) is 5.82 Å². The molecule has 2 aromatic heterocycles. The molecule has 3 N–H and O–H groups in total. The van der Waals surface area contributed by atoms with Crippen LogP contribution in [-0.2, 0) is 0 Å². The molecule has 1 aliphatic rings. The first kappa shape index (κ1) is 15.2. The summed E-state index contributed by atoms with van der Waals surface area (Å²) in [5.74, 6) is 0.287. The summed E-state index contributed by atoms with van der Waals surface area (Å²) in [4.78, 5) is 21.6. The molecule has 124 valence electrons. The van der Waals surface area contributed by atoms with Crippen LogP contribution in [0.15, 0.2) is 35.4 Å². The molecule has 1 atom stereocenters. The fourth-order valence-electron chi connectivity index (χ4n) is 3.28. The standard InChI is InChI=1S/C16H17ClN6O/c17-10-3-5-11(6-4-10)22-13-14(18)20-9-21-15(13)23(16(22)24)12-2-1-7-19-8-12/h3-6,9,12,19H,1-2,7-8H2,(H2,18,20,21)/t12-/m1/s1. The first-order valence-corrected chi connectivity index (χ1v) is 8.24. The van der Waals surface area contributed by atoms with E-state index in [9.17, 15) is 4.79 Å². The molecule has 1 saturated heterocycles. The molecular weight excluding hydrogens is 328 g/mol. The average Bonchev–Trinajstić information content (AvgIpc) is 2.90. The van der Waals surface area contributed by atoms with Crippen LogP contribution in [0.3, 0.4) is 0 Å². The maximum Gasteiger partial charge on any atom is 0.335 e. The van der Waals surface area contributed by atoms with Crippen LogP contribution in [0.2, 0.25) is 5.02 Å². The predicted molar refractivity (Wildman–Crippen MR) is 93.7 cm³/mol. The maximum absolute atomic E-state index is 13.2. The molecule has 0 bridgehead atoms. The normalized spacial score (nSPS) is 18.1. The number of nitrogen functional groups attached to an aromatic ring is 1. The zero-order valence-electron chi connectivity index (χ0n) is 12.9. The number of rotatable bonds is 2. The van der Waals surface area contributed by atoms with Gasteiger partial charge in [0.1, 0.15) is 11.8 Å². The van der Waals surface area contributed by atoms with Gasteiger partial charge in [-0.1, -0.05) is 11.6 Å². The average molecular weight is 345 g/mol. The van der Waals surface area contributed by atoms with E-state index in [4.69, 9.17) is 17.3 Å². The number of aromatic nitrogens is 4. The van der Waals surface area contributed by atoms with Gasteiger partial charge in [-0.2, -0.15) is 0 Å². The number of imidazole rings is 1. The lowest BCUT2D eigenvalue weighted by Crippen LogP contribution is -2.36. The SMILES string of the molecule is Nc1ncnc2c1n(-c1ccc(Cl)cc1)c(=O)n2[C@@H]1CCCNC1. The summed E-state index contributed by atoms with van der Waals surface area (Å²) in [5, 5.41) is 3.94. The zero-order chi connectivity index (χ0) is 16.7. The van der Waals surface area contributed by atoms with Crippen molar-refractivity contribution in [3.63, 3.8) is 0 Å². The second-order valence-corrected chi connectivity index (χ2v) is 6.33. The van der Waals surface area contributed by atoms with E-state index < -0.39 is 0 Å². The van der Waals surface area contributed by atoms with Crippen molar-refractivity contribution < 1.29 is 0 Å². The van der Waals surface area contributed by atoms with E-state index in [2.05, 4.69) is 15.3 Å². The highest BCUT2D eigenvalue weighted by molar-refractivity contribution is 6.30. The first-order valence-electron chi connectivity index (χ1n) is 7.87. The molecule has 0 unspecified atom stereocenters. The summed E-state index contributed by atoms with van der Waals surface area (Å²) in [7, 11) is 0. The number of fused-ring (bicyclic) bond motifs is 1. The Labute approximate surface area is 143 Å². The lowest BCUT2D eigenvalue weighted by Gasteiger charge is -2.23. The number of anilines is 1. The van der Waals surface area contributed by atoms with Crippen molar-refractivity contribution in [2.75, 3.05) is 18.8 Å². The van der Waals surface area contributed by atoms with Gasteiger partial charge in [0.25, 0.3) is 0 Å². The van der Waals surface area contributed by atoms with Gasteiger partial charge in [-0.05, 0) is 43.7 Å². The third-order valence-corrected chi connectivity index (χ3v) is 4.65. The second kappa shape index (κ2) is 5.92. The number of benzene rings is 1. The van der Waals surface area contributed by atoms with Gasteiger partial charge in [-0.25, -0.2) is 14.8 Å². The lowest BCUT2D eigenvalue weighted by molar-refractivity contribution is 0.369. The molecule has 8 heteroatoms. The molecule has 0 radical (unpaired) electrons. The minimum Gasteiger partial charge on any atom is -0.382 e. The monoisotopic (exact) mass is 344 g/mol. The Morgan fingerprint density at radius 2 is 2.04 bits per heavy atom. The van der Waals surface area contributed by atoms with E-state index in [0.29, 0.717) is 21.9 Å². The molecule has 0 aliphatic carbocycles. The van der Waals surface area contributed by atoms with Crippen LogP contribution in [0.25, 0.3) is 16.9 Å². The molecule has 24 heavy (non-hydrogen) atoms. The fraction of sp³-hybridized carbons (Fsp3) is 0.312. The zero-order valence-corrected chi connectivity index (χ0v) is 13.7. The van der Waals surface area contributed by atoms with Crippen molar-refractivity contribution in [1.82, 2.24) is 24.4 Å². The Morgan fingerprint density at radius 1 is 1.25 bits per heavy atom. The Morgan fingerprint density at radius 3 is 2.75 bits per heavy atom. The number of halogens is 1. The van der Waals surface area contributed by atoms with Crippen molar-refractivity contribution in [3.8, 4) is 5.69 Å². The van der Waals surface area contributed by atoms with Crippen LogP contribution >= 0.6 is 11.6 Å². The highest BCUT2D eigenvalue weighted by Gasteiger charge is 2.25. The van der Waals surface area contributed by atoms with E-state index in [1.807, 2.05) is 0 Å². The molecular formula is C16H17ClN6O. The minimum atomic E-state index is -0.159. The van der Waals surface area contributed by atoms with Gasteiger partial charge < -0.3 is 11.1 Å². The lowest BCUT2D eigenvalue weighted by atomic mass is 10.1. The summed E-state index contributed by atoms with van der Waals surface area (Å²) in [6, 6.07) is 7.12. The molecule has 3 aromatic rings. The summed E-state index contributed by atoms with van der Waals surface area (Å²) in [6.07, 6.45) is 3.35. The van der Waals surface area contributed by atoms with E-state index in [1.165, 1.54) is 6.33 Å². The topological polar surface area (TPSA) is 90.8 Å². The number of hydrogen-bond donors (Lipinski definition) is 2. The third kappa shape index (κ3) is 2.37. The van der Waals surface area contributed by atoms with Gasteiger partial charge in [-0.15, -0.1) is 0 Å². The summed E-state index contributed by atoms with van der Waals surface area (Å²) in [6.45, 7) is 1.71. The molecule has 3 heterocycles. The summed E-state index contributed by atoms with van der Waals surface area (Å²) >= 11 is 5.97. The smallest absolute Gasteiger partial charge is 0.335 e. The van der Waals surface area contributed by atoms with Gasteiger partial charge in [0.2, 0.25) is 0 Å². The van der Waals surface area contributed by atoms with Gasteiger partial charge >= 0.3 is 5.69 Å². The van der Waals surface area contributed by atoms with Gasteiger partial charge in [0.15, 0.2) is 11.5 Å². The summed E-state index contributed by atoms with van der Waals surface area (Å²) in [5.41, 5.74) is 7.71. The van der Waals surface area contributed by atoms with Crippen molar-refractivity contribution in [2.24, 2.45) is 0 Å². The largest absolute Gasteiger partial charge is 0.382 e. The molecule has 7 nitrogen and oxygen atoms in total. The molecule has 1 fully saturated rings. The number of piperidine rings is 1. The molecule has 0 amide bonds. The van der Waals surface area contributed by atoms with Crippen LogP contribution in [0, 0.1) is 0 Å². The minimum absolute atomic E-state index is 0.0524. The molecule has 4 rings (SSSR count). The first-order chi connectivity index (χ1) is 11.7. The highest BCUT2D eigenvalue weighted by Crippen LogP contribution is 2.25. The van der Waals surface area contributed by atoms with Gasteiger partial charge in [-0.3, -0.25) is 9.13 Å². The third-order valence-electron chi connectivity index (χ3n) is 4.40. The predicted octanol–water partition coefficient (Wildman–Crippen LogP) is 1.74. The quantitative estimate of drug-likeness (QED) is 0.739. The van der Waals surface area contributed by atoms with Crippen molar-refractivity contribution in [3.05, 3.63) is 46.1 Å². The van der Waals surface area contributed by atoms with E-state index in [0.717, 1.165) is 25.9 Å². The Hall–Kier alpha value is -2.38. The van der Waals surface area contributed by atoms with E-state index in [-0.39, 0.29) is 17.5 Å². The molecule has 1 aromatic carbocycles. The fourth-order valence-corrected chi connectivity index (χ4v) is 3.41. The number of nitrogens with two attached hydrogens (primary N) is 1. The molecule has 0 saturated carbocycles. The van der Waals surface area contributed by atoms with Crippen LogP contribution < -0.4 is 16.7 Å². The summed E-state index contributed by atoms with van der Waals surface area (Å²) < 4.78 is 3.30. The van der Waals surface area contributed by atoms with Crippen molar-refractivity contribution in [1.29, 1.82) is 0 Å². The van der Waals surface area contributed by atoms with Crippen molar-refractivity contribution in [2.45, 2.75) is 18.9 Å². The van der Waals surface area contributed by atoms with Crippen LogP contribution in [0.5, 0.6) is 0 Å².